The van der Waals surface area contributed by atoms with Gasteiger partial charge in [-0.05, 0) is 48.5 Å². The molecule has 0 aliphatic rings. The topological polar surface area (TPSA) is 67.4 Å². The van der Waals surface area contributed by atoms with E-state index in [2.05, 4.69) is 10.6 Å². The van der Waals surface area contributed by atoms with E-state index in [1.165, 1.54) is 0 Å². The van der Waals surface area contributed by atoms with Crippen molar-refractivity contribution in [3.05, 3.63) is 48.5 Å². The summed E-state index contributed by atoms with van der Waals surface area (Å²) in [5.41, 5.74) is 0.867. The number of hydrogen-bond donors (Lipinski definition) is 2. The van der Waals surface area contributed by atoms with Crippen LogP contribution in [0.3, 0.4) is 0 Å². The van der Waals surface area contributed by atoms with Crippen LogP contribution in [-0.2, 0) is 9.59 Å². The van der Waals surface area contributed by atoms with Crippen LogP contribution >= 0.6 is 69.6 Å². The molecule has 0 aliphatic heterocycles. The van der Waals surface area contributed by atoms with E-state index < -0.39 is 19.4 Å². The zero-order valence-corrected chi connectivity index (χ0v) is 17.6. The van der Waals surface area contributed by atoms with Crippen LogP contribution in [0.15, 0.2) is 48.5 Å². The minimum absolute atomic E-state index is 0.434. The van der Waals surface area contributed by atoms with Crippen LogP contribution in [0, 0.1) is 0 Å². The summed E-state index contributed by atoms with van der Waals surface area (Å²) in [5.74, 6) is -0.540. The number of ether oxygens (including phenoxy) is 1. The zero-order chi connectivity index (χ0) is 20.2. The maximum atomic E-state index is 11.6. The quantitative estimate of drug-likeness (QED) is 0.509. The third-order valence-electron chi connectivity index (χ3n) is 2.98. The first-order valence-corrected chi connectivity index (χ1v) is 9.36. The molecule has 0 atom stereocenters. The molecule has 0 spiro atoms. The number of hydrogen-bond acceptors (Lipinski definition) is 3. The summed E-state index contributed by atoms with van der Waals surface area (Å²) >= 11 is 32.9. The number of alkyl halides is 6. The molecule has 2 N–H and O–H groups in total. The molecule has 0 unspecified atom stereocenters. The van der Waals surface area contributed by atoms with Gasteiger partial charge in [-0.3, -0.25) is 9.59 Å². The Labute approximate surface area is 184 Å². The van der Waals surface area contributed by atoms with Gasteiger partial charge in [0.15, 0.2) is 0 Å². The van der Waals surface area contributed by atoms with Crippen molar-refractivity contribution in [2.24, 2.45) is 0 Å². The second kappa shape index (κ2) is 8.95. The third kappa shape index (κ3) is 7.11. The minimum atomic E-state index is -2.05. The molecule has 11 heteroatoms. The molecule has 2 rings (SSSR count). The highest BCUT2D eigenvalue weighted by atomic mass is 35.6. The molecule has 2 amide bonds. The molecular formula is C16H10Cl6N2O3. The van der Waals surface area contributed by atoms with E-state index in [1.807, 2.05) is 0 Å². The maximum Gasteiger partial charge on any atom is 0.276 e. The summed E-state index contributed by atoms with van der Waals surface area (Å²) in [6.07, 6.45) is 0. The summed E-state index contributed by atoms with van der Waals surface area (Å²) in [5, 5.41) is 4.90. The lowest BCUT2D eigenvalue weighted by Crippen LogP contribution is -2.26. The summed E-state index contributed by atoms with van der Waals surface area (Å²) in [6, 6.07) is 12.8. The van der Waals surface area contributed by atoms with Gasteiger partial charge in [0.05, 0.1) is 0 Å². The molecule has 0 heterocycles. The average molecular weight is 491 g/mol. The standard InChI is InChI=1S/C16H10Cl6N2O3/c17-15(18,19)13(25)23-9-1-5-11(6-2-9)27-12-7-3-10(4-8-12)24-14(26)16(20,21)22/h1-8H,(H,23,25)(H,24,26). The van der Waals surface area contributed by atoms with Gasteiger partial charge in [0, 0.05) is 11.4 Å². The van der Waals surface area contributed by atoms with Crippen molar-refractivity contribution < 1.29 is 14.3 Å². The van der Waals surface area contributed by atoms with E-state index in [4.69, 9.17) is 74.3 Å². The third-order valence-corrected chi connectivity index (χ3v) is 4.00. The van der Waals surface area contributed by atoms with Crippen LogP contribution in [0.1, 0.15) is 0 Å². The van der Waals surface area contributed by atoms with Crippen LogP contribution in [0.25, 0.3) is 0 Å². The fourth-order valence-electron chi connectivity index (χ4n) is 1.75. The Balaban J connectivity index is 1.97. The van der Waals surface area contributed by atoms with Crippen molar-refractivity contribution in [3.8, 4) is 11.5 Å². The summed E-state index contributed by atoms with van der Waals surface area (Å²) in [7, 11) is 0. The lowest BCUT2D eigenvalue weighted by molar-refractivity contribution is -0.116. The second-order valence-electron chi connectivity index (χ2n) is 5.05. The van der Waals surface area contributed by atoms with E-state index in [9.17, 15) is 9.59 Å². The van der Waals surface area contributed by atoms with E-state index in [-0.39, 0.29) is 0 Å². The van der Waals surface area contributed by atoms with Gasteiger partial charge in [-0.1, -0.05) is 69.6 Å². The fourth-order valence-corrected chi connectivity index (χ4v) is 2.04. The average Bonchev–Trinajstić information content (AvgIpc) is 2.56. The van der Waals surface area contributed by atoms with E-state index in [0.717, 1.165) is 0 Å². The van der Waals surface area contributed by atoms with Crippen molar-refractivity contribution in [2.75, 3.05) is 10.6 Å². The van der Waals surface area contributed by atoms with Gasteiger partial charge in [-0.15, -0.1) is 0 Å². The molecule has 0 aliphatic carbocycles. The Morgan fingerprint density at radius 2 is 0.926 bits per heavy atom. The molecule has 0 fully saturated rings. The Morgan fingerprint density at radius 3 is 1.19 bits per heavy atom. The molecule has 0 aromatic heterocycles. The highest BCUT2D eigenvalue weighted by Crippen LogP contribution is 2.30. The molecule has 0 bridgehead atoms. The summed E-state index contributed by atoms with van der Waals surface area (Å²) < 4.78 is 1.54. The predicted molar refractivity (Wildman–Crippen MR) is 111 cm³/mol. The van der Waals surface area contributed by atoms with Crippen LogP contribution in [0.4, 0.5) is 11.4 Å². The van der Waals surface area contributed by atoms with E-state index in [1.54, 1.807) is 48.5 Å². The second-order valence-corrected chi connectivity index (χ2v) is 9.62. The number of amides is 2. The Bertz CT molecular complexity index is 745. The minimum Gasteiger partial charge on any atom is -0.457 e. The van der Waals surface area contributed by atoms with Crippen LogP contribution in [-0.4, -0.2) is 19.4 Å². The van der Waals surface area contributed by atoms with Gasteiger partial charge in [0.2, 0.25) is 0 Å². The van der Waals surface area contributed by atoms with Gasteiger partial charge in [0.25, 0.3) is 19.4 Å². The first-order valence-electron chi connectivity index (χ1n) is 7.09. The Morgan fingerprint density at radius 1 is 0.630 bits per heavy atom. The fraction of sp³-hybridized carbons (Fsp3) is 0.125. The number of benzene rings is 2. The molecule has 2 aromatic carbocycles. The van der Waals surface area contributed by atoms with Crippen molar-refractivity contribution in [2.45, 2.75) is 7.59 Å². The molecule has 2 aromatic rings. The van der Waals surface area contributed by atoms with Crippen molar-refractivity contribution in [1.29, 1.82) is 0 Å². The number of halogens is 6. The van der Waals surface area contributed by atoms with E-state index in [0.29, 0.717) is 22.9 Å². The number of anilines is 2. The zero-order valence-electron chi connectivity index (χ0n) is 13.1. The number of carbonyl (C=O) groups is 2. The highest BCUT2D eigenvalue weighted by molar-refractivity contribution is 6.77. The Kier molecular flexibility index (Phi) is 7.36. The molecule has 27 heavy (non-hydrogen) atoms. The van der Waals surface area contributed by atoms with Gasteiger partial charge in [0.1, 0.15) is 11.5 Å². The van der Waals surface area contributed by atoms with Gasteiger partial charge in [-0.25, -0.2) is 0 Å². The van der Waals surface area contributed by atoms with Crippen molar-refractivity contribution in [3.63, 3.8) is 0 Å². The van der Waals surface area contributed by atoms with Crippen LogP contribution in [0.5, 0.6) is 11.5 Å². The smallest absolute Gasteiger partial charge is 0.276 e. The summed E-state index contributed by atoms with van der Waals surface area (Å²) in [4.78, 5) is 23.2. The molecular weight excluding hydrogens is 481 g/mol. The van der Waals surface area contributed by atoms with Crippen LogP contribution in [0.2, 0.25) is 0 Å². The SMILES string of the molecule is O=C(Nc1ccc(Oc2ccc(NC(=O)C(Cl)(Cl)Cl)cc2)cc1)C(Cl)(Cl)Cl. The normalized spacial score (nSPS) is 11.6. The van der Waals surface area contributed by atoms with E-state index >= 15 is 0 Å². The Hall–Kier alpha value is -1.08. The molecule has 0 saturated heterocycles. The predicted octanol–water partition coefficient (Wildman–Crippen LogP) is 6.10. The van der Waals surface area contributed by atoms with Gasteiger partial charge >= 0.3 is 0 Å². The van der Waals surface area contributed by atoms with Gasteiger partial charge < -0.3 is 15.4 Å². The maximum absolute atomic E-state index is 11.6. The molecule has 144 valence electrons. The molecule has 5 nitrogen and oxygen atoms in total. The first-order chi connectivity index (χ1) is 12.4. The monoisotopic (exact) mass is 488 g/mol. The molecule has 0 saturated carbocycles. The number of nitrogens with one attached hydrogen (secondary N) is 2. The summed E-state index contributed by atoms with van der Waals surface area (Å²) in [6.45, 7) is 0. The van der Waals surface area contributed by atoms with Crippen LogP contribution < -0.4 is 15.4 Å². The van der Waals surface area contributed by atoms with Crippen molar-refractivity contribution in [1.82, 2.24) is 0 Å². The highest BCUT2D eigenvalue weighted by Gasteiger charge is 2.31. The molecule has 0 radical (unpaired) electrons. The largest absolute Gasteiger partial charge is 0.457 e. The number of rotatable bonds is 4. The lowest BCUT2D eigenvalue weighted by Gasteiger charge is -2.13. The van der Waals surface area contributed by atoms with Crippen molar-refractivity contribution >= 4 is 92.8 Å². The lowest BCUT2D eigenvalue weighted by atomic mass is 10.3. The first kappa shape index (κ1) is 22.2. The van der Waals surface area contributed by atoms with Gasteiger partial charge in [-0.2, -0.15) is 0 Å². The number of carbonyl (C=O) groups excluding carboxylic acids is 2.